The predicted molar refractivity (Wildman–Crippen MR) is 219 cm³/mol. The summed E-state index contributed by atoms with van der Waals surface area (Å²) in [5.74, 6) is -0.451. The summed E-state index contributed by atoms with van der Waals surface area (Å²) >= 11 is 1.64. The van der Waals surface area contributed by atoms with Gasteiger partial charge in [0.05, 0.1) is 24.6 Å². The van der Waals surface area contributed by atoms with Crippen LogP contribution in [0, 0.1) is 17.8 Å². The number of thioether (sulfide) groups is 1. The van der Waals surface area contributed by atoms with Gasteiger partial charge in [-0.2, -0.15) is 11.8 Å². The molecule has 7 atom stereocenters. The lowest BCUT2D eigenvalue weighted by molar-refractivity contribution is -0.146. The Kier molecular flexibility index (Phi) is 18.7. The third-order valence-corrected chi connectivity index (χ3v) is 12.5. The molecule has 0 spiro atoms. The Morgan fingerprint density at radius 1 is 0.926 bits per heavy atom. The first kappa shape index (κ1) is 45.7. The molecule has 2 aliphatic heterocycles. The molecule has 0 saturated carbocycles. The quantitative estimate of drug-likeness (QED) is 0.203. The first-order valence-corrected chi connectivity index (χ1v) is 21.3. The average Bonchev–Trinajstić information content (AvgIpc) is 3.63. The summed E-state index contributed by atoms with van der Waals surface area (Å²) in [6.07, 6.45) is 4.42. The molecule has 1 aromatic rings. The molecular formula is C41H71N7O5S. The monoisotopic (exact) mass is 774 g/mol. The Bertz CT molecular complexity index is 1320. The van der Waals surface area contributed by atoms with Gasteiger partial charge in [-0.1, -0.05) is 78.3 Å². The fourth-order valence-electron chi connectivity index (χ4n) is 8.25. The summed E-state index contributed by atoms with van der Waals surface area (Å²) in [6, 6.07) is 8.91. The van der Waals surface area contributed by atoms with Gasteiger partial charge in [0, 0.05) is 71.1 Å². The summed E-state index contributed by atoms with van der Waals surface area (Å²) in [4.78, 5) is 63.1. The minimum Gasteiger partial charge on any atom is -0.379 e. The van der Waals surface area contributed by atoms with Crippen LogP contribution >= 0.6 is 11.8 Å². The predicted octanol–water partition coefficient (Wildman–Crippen LogP) is 3.95. The number of hydrogen-bond acceptors (Lipinski definition) is 9. The minimum atomic E-state index is -0.724. The van der Waals surface area contributed by atoms with Gasteiger partial charge in [-0.3, -0.25) is 34.4 Å². The van der Waals surface area contributed by atoms with Crippen LogP contribution in [-0.2, 0) is 30.5 Å². The second kappa shape index (κ2) is 22.1. The number of ether oxygens (including phenoxy) is 1. The minimum absolute atomic E-state index is 0.0195. The third kappa shape index (κ3) is 12.7. The fourth-order valence-corrected chi connectivity index (χ4v) is 9.17. The SMILES string of the molecule is CCC(C)C(C(CC(=O)N1CCCC1C(CC(=O)NN1CCN(Cc2ccccc2)CC1)SC)OC)N(C)C(=O)C(NC(=O)C(C(C)C)N(C)C)C(C)C. The average molecular weight is 774 g/mol. The van der Waals surface area contributed by atoms with Crippen LogP contribution in [0.2, 0.25) is 0 Å². The van der Waals surface area contributed by atoms with E-state index in [1.54, 1.807) is 30.8 Å². The maximum atomic E-state index is 14.2. The Balaban J connectivity index is 1.65. The topological polar surface area (TPSA) is 118 Å². The number of hydrogen-bond donors (Lipinski definition) is 2. The smallest absolute Gasteiger partial charge is 0.245 e. The number of piperazine rings is 1. The van der Waals surface area contributed by atoms with Gasteiger partial charge >= 0.3 is 0 Å². The first-order chi connectivity index (χ1) is 25.6. The van der Waals surface area contributed by atoms with E-state index < -0.39 is 12.1 Å². The number of hydrazine groups is 1. The molecule has 2 heterocycles. The van der Waals surface area contributed by atoms with E-state index in [9.17, 15) is 19.2 Å². The van der Waals surface area contributed by atoms with Gasteiger partial charge in [-0.25, -0.2) is 5.01 Å². The Hall–Kier alpha value is -2.71. The number of methoxy groups -OCH3 is 1. The lowest BCUT2D eigenvalue weighted by Gasteiger charge is -2.41. The second-order valence-electron chi connectivity index (χ2n) is 16.2. The van der Waals surface area contributed by atoms with Crippen LogP contribution in [-0.4, -0.2) is 151 Å². The van der Waals surface area contributed by atoms with Crippen molar-refractivity contribution < 1.29 is 23.9 Å². The number of nitrogens with one attached hydrogen (secondary N) is 2. The van der Waals surface area contributed by atoms with Gasteiger partial charge in [0.25, 0.3) is 0 Å². The largest absolute Gasteiger partial charge is 0.379 e. The summed E-state index contributed by atoms with van der Waals surface area (Å²) in [7, 11) is 7.13. The molecule has 4 amide bonds. The van der Waals surface area contributed by atoms with Crippen molar-refractivity contribution in [1.29, 1.82) is 0 Å². The Labute approximate surface area is 330 Å². The lowest BCUT2D eigenvalue weighted by Crippen LogP contribution is -2.59. The van der Waals surface area contributed by atoms with Gasteiger partial charge in [0.1, 0.15) is 6.04 Å². The molecule has 13 heteroatoms. The highest BCUT2D eigenvalue weighted by Gasteiger charge is 2.41. The zero-order valence-electron chi connectivity index (χ0n) is 35.0. The number of nitrogens with zero attached hydrogens (tertiary/aromatic N) is 5. The van der Waals surface area contributed by atoms with Crippen LogP contribution in [0.25, 0.3) is 0 Å². The molecular weight excluding hydrogens is 703 g/mol. The molecule has 3 rings (SSSR count). The zero-order chi connectivity index (χ0) is 40.1. The molecule has 2 saturated heterocycles. The highest BCUT2D eigenvalue weighted by atomic mass is 32.2. The standard InChI is InChI=1S/C41H71N7O5S/c1-12-30(6)39(45(9)41(52)37(28(2)3)42-40(51)38(29(4)5)44(7)8)33(53-10)25-36(50)48-20-16-19-32(48)34(54-11)26-35(49)43-47-23-21-46(22-24-47)27-31-17-14-13-15-18-31/h13-15,17-18,28-30,32-34,37-39H,12,16,19-27H2,1-11H3,(H,42,51)(H,43,49). The van der Waals surface area contributed by atoms with Crippen LogP contribution in [0.1, 0.15) is 79.2 Å². The number of amides is 4. The Morgan fingerprint density at radius 3 is 2.11 bits per heavy atom. The van der Waals surface area contributed by atoms with Gasteiger partial charge in [-0.15, -0.1) is 0 Å². The summed E-state index contributed by atoms with van der Waals surface area (Å²) in [5.41, 5.74) is 4.44. The number of likely N-dealkylation sites (tertiary alicyclic amines) is 1. The molecule has 2 fully saturated rings. The van der Waals surface area contributed by atoms with E-state index in [-0.39, 0.29) is 71.2 Å². The van der Waals surface area contributed by atoms with Gasteiger partial charge in [0.15, 0.2) is 0 Å². The fraction of sp³-hybridized carbons (Fsp3) is 0.756. The number of benzene rings is 1. The van der Waals surface area contributed by atoms with Crippen LogP contribution in [0.4, 0.5) is 0 Å². The van der Waals surface area contributed by atoms with Crippen molar-refractivity contribution in [2.75, 3.05) is 67.2 Å². The molecule has 1 aromatic carbocycles. The van der Waals surface area contributed by atoms with Crippen molar-refractivity contribution in [2.45, 2.75) is 116 Å². The number of rotatable bonds is 20. The van der Waals surface area contributed by atoms with Crippen molar-refractivity contribution in [3.05, 3.63) is 35.9 Å². The number of carbonyl (C=O) groups is 4. The highest BCUT2D eigenvalue weighted by Crippen LogP contribution is 2.31. The maximum Gasteiger partial charge on any atom is 0.245 e. The third-order valence-electron chi connectivity index (χ3n) is 11.4. The van der Waals surface area contributed by atoms with E-state index in [0.717, 1.165) is 52.0 Å². The maximum absolute atomic E-state index is 14.2. The van der Waals surface area contributed by atoms with Crippen LogP contribution in [0.15, 0.2) is 30.3 Å². The van der Waals surface area contributed by atoms with Crippen molar-refractivity contribution in [3.8, 4) is 0 Å². The molecule has 2 aliphatic rings. The number of likely N-dealkylation sites (N-methyl/N-ethyl adjacent to an activating group) is 2. The van der Waals surface area contributed by atoms with Crippen LogP contribution < -0.4 is 10.7 Å². The van der Waals surface area contributed by atoms with Crippen molar-refractivity contribution in [2.24, 2.45) is 17.8 Å². The van der Waals surface area contributed by atoms with Gasteiger partial charge in [0.2, 0.25) is 23.6 Å². The molecule has 0 bridgehead atoms. The van der Waals surface area contributed by atoms with E-state index in [1.165, 1.54) is 5.56 Å². The van der Waals surface area contributed by atoms with Crippen molar-refractivity contribution >= 4 is 35.4 Å². The molecule has 0 aromatic heterocycles. The molecule has 0 radical (unpaired) electrons. The molecule has 54 heavy (non-hydrogen) atoms. The van der Waals surface area contributed by atoms with E-state index in [4.69, 9.17) is 4.74 Å². The zero-order valence-corrected chi connectivity index (χ0v) is 35.9. The second-order valence-corrected chi connectivity index (χ2v) is 17.3. The molecule has 2 N–H and O–H groups in total. The molecule has 12 nitrogen and oxygen atoms in total. The molecule has 306 valence electrons. The number of carbonyl (C=O) groups excluding carboxylic acids is 4. The van der Waals surface area contributed by atoms with Crippen molar-refractivity contribution in [3.63, 3.8) is 0 Å². The lowest BCUT2D eigenvalue weighted by atomic mass is 9.89. The highest BCUT2D eigenvalue weighted by molar-refractivity contribution is 7.99. The molecule has 7 unspecified atom stereocenters. The van der Waals surface area contributed by atoms with Gasteiger partial charge < -0.3 is 19.9 Å². The molecule has 0 aliphatic carbocycles. The summed E-state index contributed by atoms with van der Waals surface area (Å²) in [6.45, 7) is 16.9. The van der Waals surface area contributed by atoms with E-state index >= 15 is 0 Å². The Morgan fingerprint density at radius 2 is 1.57 bits per heavy atom. The normalized spacial score (nSPS) is 20.4. The van der Waals surface area contributed by atoms with Crippen LogP contribution in [0.3, 0.4) is 0 Å². The van der Waals surface area contributed by atoms with E-state index in [1.807, 2.05) is 68.9 Å². The van der Waals surface area contributed by atoms with Crippen molar-refractivity contribution in [1.82, 2.24) is 35.4 Å². The summed E-state index contributed by atoms with van der Waals surface area (Å²) in [5, 5.41) is 5.04. The first-order valence-electron chi connectivity index (χ1n) is 20.0. The summed E-state index contributed by atoms with van der Waals surface area (Å²) < 4.78 is 6.06. The van der Waals surface area contributed by atoms with Gasteiger partial charge in [-0.05, 0) is 56.5 Å². The van der Waals surface area contributed by atoms with E-state index in [0.29, 0.717) is 13.0 Å². The van der Waals surface area contributed by atoms with Crippen LogP contribution in [0.5, 0.6) is 0 Å². The van der Waals surface area contributed by atoms with E-state index in [2.05, 4.69) is 53.8 Å².